The number of alkyl halides is 3. The monoisotopic (exact) mass is 572 g/mol. The average Bonchev–Trinajstić information content (AvgIpc) is 3.71. The second-order valence-corrected chi connectivity index (χ2v) is 10.5. The summed E-state index contributed by atoms with van der Waals surface area (Å²) in [5, 5.41) is 25.0. The van der Waals surface area contributed by atoms with Gasteiger partial charge in [0.25, 0.3) is 5.88 Å². The van der Waals surface area contributed by atoms with Crippen LogP contribution in [0.1, 0.15) is 40.3 Å². The minimum atomic E-state index is -4.50. The summed E-state index contributed by atoms with van der Waals surface area (Å²) in [5.41, 5.74) is 2.92. The lowest BCUT2D eigenvalue weighted by molar-refractivity contribution is -0.137. The van der Waals surface area contributed by atoms with Gasteiger partial charge in [-0.15, -0.1) is 10.2 Å². The molecule has 0 saturated heterocycles. The second kappa shape index (κ2) is 10.2. The molecule has 3 aliphatic heterocycles. The van der Waals surface area contributed by atoms with E-state index in [1.807, 2.05) is 0 Å². The normalized spacial score (nSPS) is 16.9. The van der Waals surface area contributed by atoms with Crippen molar-refractivity contribution in [1.82, 2.24) is 40.1 Å². The maximum Gasteiger partial charge on any atom is 0.416 e. The first-order chi connectivity index (χ1) is 19.5. The molecule has 3 amide bonds. The Morgan fingerprint density at radius 3 is 2.44 bits per heavy atom. The third kappa shape index (κ3) is 5.35. The van der Waals surface area contributed by atoms with Gasteiger partial charge in [-0.25, -0.2) is 4.79 Å². The van der Waals surface area contributed by atoms with Crippen LogP contribution in [0.3, 0.4) is 0 Å². The van der Waals surface area contributed by atoms with E-state index in [0.717, 1.165) is 23.3 Å². The number of tetrazole rings is 1. The molecule has 0 unspecified atom stereocenters. The van der Waals surface area contributed by atoms with Gasteiger partial charge in [-0.05, 0) is 64.5 Å². The summed E-state index contributed by atoms with van der Waals surface area (Å²) in [4.78, 5) is 32.6. The number of halogens is 3. The first kappa shape index (κ1) is 26.8. The Kier molecular flexibility index (Phi) is 6.66. The Morgan fingerprint density at radius 1 is 1.02 bits per heavy atom. The highest BCUT2D eigenvalue weighted by atomic mass is 19.4. The van der Waals surface area contributed by atoms with Crippen molar-refractivity contribution in [2.24, 2.45) is 0 Å². The summed E-state index contributed by atoms with van der Waals surface area (Å²) in [6.07, 6.45) is -3.64. The van der Waals surface area contributed by atoms with Crippen molar-refractivity contribution in [2.75, 3.05) is 32.7 Å². The van der Waals surface area contributed by atoms with Crippen LogP contribution in [0.4, 0.5) is 18.0 Å². The van der Waals surface area contributed by atoms with E-state index in [1.165, 1.54) is 10.9 Å². The molecular weight excluding hydrogens is 545 g/mol. The van der Waals surface area contributed by atoms with Crippen LogP contribution in [0.2, 0.25) is 0 Å². The fourth-order valence-electron chi connectivity index (χ4n) is 5.60. The maximum absolute atomic E-state index is 13.4. The second-order valence-electron chi connectivity index (χ2n) is 10.5. The molecule has 0 fully saturated rings. The number of carbonyl (C=O) groups excluding carboxylic acids is 2. The first-order valence-electron chi connectivity index (χ1n) is 13.2. The lowest BCUT2D eigenvalue weighted by atomic mass is 9.99. The minimum Gasteiger partial charge on any atom is -0.491 e. The van der Waals surface area contributed by atoms with E-state index in [0.29, 0.717) is 67.4 Å². The Hall–Kier alpha value is -4.43. The molecule has 0 saturated carbocycles. The molecule has 0 radical (unpaired) electrons. The predicted octanol–water partition coefficient (Wildman–Crippen LogP) is 2.31. The highest BCUT2D eigenvalue weighted by Crippen LogP contribution is 2.32. The van der Waals surface area contributed by atoms with Gasteiger partial charge in [-0.3, -0.25) is 4.79 Å². The van der Waals surface area contributed by atoms with Crippen molar-refractivity contribution in [2.45, 2.75) is 45.5 Å². The van der Waals surface area contributed by atoms with Crippen molar-refractivity contribution >= 4 is 11.9 Å². The molecule has 2 aromatic heterocycles. The fourth-order valence-corrected chi connectivity index (χ4v) is 5.60. The van der Waals surface area contributed by atoms with Gasteiger partial charge in [-0.1, -0.05) is 6.07 Å². The van der Waals surface area contributed by atoms with Crippen LogP contribution in [0.25, 0.3) is 0 Å². The number of rotatable bonds is 5. The number of carbonyl (C=O) groups is 2. The summed E-state index contributed by atoms with van der Waals surface area (Å²) in [5.74, 6) is 0.660. The Labute approximate surface area is 232 Å². The number of hydrogen-bond acceptors (Lipinski definition) is 8. The van der Waals surface area contributed by atoms with E-state index in [2.05, 4.69) is 20.6 Å². The SMILES string of the molecule is Cc1nnn(Cc2cc(C(F)(F)F)ccc2CCC(=O)N2CC3=C(C2)CN(C(=O)N2CCc4c(O)noc4C2)C3)n1. The van der Waals surface area contributed by atoms with Crippen molar-refractivity contribution in [1.29, 1.82) is 0 Å². The molecule has 1 aromatic carbocycles. The van der Waals surface area contributed by atoms with Crippen LogP contribution >= 0.6 is 0 Å². The summed E-state index contributed by atoms with van der Waals surface area (Å²) >= 11 is 0. The van der Waals surface area contributed by atoms with Gasteiger partial charge in [0, 0.05) is 39.1 Å². The van der Waals surface area contributed by atoms with Crippen LogP contribution < -0.4 is 0 Å². The topological polar surface area (TPSA) is 134 Å². The number of benzene rings is 1. The third-order valence-corrected chi connectivity index (χ3v) is 7.74. The molecule has 41 heavy (non-hydrogen) atoms. The molecule has 6 rings (SSSR count). The molecule has 3 aliphatic rings. The molecule has 5 heterocycles. The number of amides is 3. The van der Waals surface area contributed by atoms with E-state index in [4.69, 9.17) is 4.52 Å². The summed E-state index contributed by atoms with van der Waals surface area (Å²) in [6, 6.07) is 3.37. The number of aryl methyl sites for hydroxylation is 2. The van der Waals surface area contributed by atoms with Crippen molar-refractivity contribution in [3.8, 4) is 5.88 Å². The lowest BCUT2D eigenvalue weighted by Crippen LogP contribution is -2.45. The molecule has 216 valence electrons. The quantitative estimate of drug-likeness (QED) is 0.461. The zero-order valence-corrected chi connectivity index (χ0v) is 22.2. The fraction of sp³-hybridized carbons (Fsp3) is 0.462. The van der Waals surface area contributed by atoms with Gasteiger partial charge < -0.3 is 24.3 Å². The standard InChI is InChI=1S/C26H27F3N8O4/c1-15-30-33-37(31-15)13-17-8-20(26(27,28)29)4-2-16(17)3-5-23(38)35-9-18-11-36(12-19(18)10-35)25(40)34-7-6-21-22(14-34)41-32-24(21)39/h2,4,8H,3,5-7,9-14H2,1H3,(H,32,39). The third-order valence-electron chi connectivity index (χ3n) is 7.74. The van der Waals surface area contributed by atoms with E-state index in [-0.39, 0.29) is 43.7 Å². The molecule has 12 nitrogen and oxygen atoms in total. The minimum absolute atomic E-state index is 0.00758. The maximum atomic E-state index is 13.4. The van der Waals surface area contributed by atoms with E-state index in [9.17, 15) is 27.9 Å². The molecule has 0 spiro atoms. The Balaban J connectivity index is 1.04. The lowest BCUT2D eigenvalue weighted by Gasteiger charge is -2.31. The largest absolute Gasteiger partial charge is 0.491 e. The summed E-state index contributed by atoms with van der Waals surface area (Å²) in [6.45, 7) is 4.02. The van der Waals surface area contributed by atoms with E-state index >= 15 is 0 Å². The number of hydrogen-bond donors (Lipinski definition) is 1. The summed E-state index contributed by atoms with van der Waals surface area (Å²) in [7, 11) is 0. The average molecular weight is 573 g/mol. The van der Waals surface area contributed by atoms with Crippen LogP contribution in [0.15, 0.2) is 33.9 Å². The smallest absolute Gasteiger partial charge is 0.416 e. The highest BCUT2D eigenvalue weighted by molar-refractivity contribution is 5.79. The van der Waals surface area contributed by atoms with Crippen molar-refractivity contribution in [3.63, 3.8) is 0 Å². The Bertz CT molecular complexity index is 1530. The molecule has 0 bridgehead atoms. The van der Waals surface area contributed by atoms with Crippen LogP contribution in [-0.2, 0) is 36.9 Å². The first-order valence-corrected chi connectivity index (χ1v) is 13.2. The number of aromatic hydroxyl groups is 1. The number of nitrogens with zero attached hydrogens (tertiary/aromatic N) is 8. The van der Waals surface area contributed by atoms with E-state index in [1.54, 1.807) is 21.6 Å². The molecule has 0 atom stereocenters. The zero-order chi connectivity index (χ0) is 28.9. The number of urea groups is 1. The van der Waals surface area contributed by atoms with Gasteiger partial charge in [0.1, 0.15) is 0 Å². The van der Waals surface area contributed by atoms with Gasteiger partial charge in [0.05, 0.1) is 24.2 Å². The summed E-state index contributed by atoms with van der Waals surface area (Å²) < 4.78 is 45.2. The van der Waals surface area contributed by atoms with E-state index < -0.39 is 11.7 Å². The van der Waals surface area contributed by atoms with Crippen LogP contribution in [0, 0.1) is 6.92 Å². The number of aromatic nitrogens is 5. The Morgan fingerprint density at radius 2 is 1.76 bits per heavy atom. The van der Waals surface area contributed by atoms with Crippen LogP contribution in [-0.4, -0.2) is 89.8 Å². The molecule has 0 aliphatic carbocycles. The zero-order valence-electron chi connectivity index (χ0n) is 22.2. The molecular formula is C26H27F3N8O4. The number of fused-ring (bicyclic) bond motifs is 1. The molecule has 1 N–H and O–H groups in total. The highest BCUT2D eigenvalue weighted by Gasteiger charge is 2.37. The van der Waals surface area contributed by atoms with Crippen molar-refractivity contribution < 1.29 is 32.4 Å². The van der Waals surface area contributed by atoms with Gasteiger partial charge in [0.2, 0.25) is 5.91 Å². The van der Waals surface area contributed by atoms with Crippen LogP contribution in [0.5, 0.6) is 5.88 Å². The van der Waals surface area contributed by atoms with Gasteiger partial charge in [0.15, 0.2) is 11.6 Å². The van der Waals surface area contributed by atoms with Gasteiger partial charge >= 0.3 is 12.2 Å². The predicted molar refractivity (Wildman–Crippen MR) is 134 cm³/mol. The molecule has 15 heteroatoms. The molecule has 3 aromatic rings. The van der Waals surface area contributed by atoms with Crippen molar-refractivity contribution in [3.05, 3.63) is 63.2 Å². The van der Waals surface area contributed by atoms with Gasteiger partial charge in [-0.2, -0.15) is 18.0 Å².